The summed E-state index contributed by atoms with van der Waals surface area (Å²) in [4.78, 5) is 17.0. The van der Waals surface area contributed by atoms with Crippen molar-refractivity contribution in [1.82, 2.24) is 4.90 Å². The zero-order chi connectivity index (χ0) is 22.1. The van der Waals surface area contributed by atoms with Crippen molar-refractivity contribution in [2.75, 3.05) is 18.4 Å². The van der Waals surface area contributed by atoms with Crippen molar-refractivity contribution in [3.8, 4) is 0 Å². The molecular formula is C27H32N2O2S. The predicted octanol–water partition coefficient (Wildman–Crippen LogP) is 6.60. The summed E-state index contributed by atoms with van der Waals surface area (Å²) in [5, 5.41) is 4.24. The normalized spacial score (nSPS) is 18.3. The van der Waals surface area contributed by atoms with Crippen LogP contribution in [0.25, 0.3) is 0 Å². The topological polar surface area (TPSA) is 45.5 Å². The van der Waals surface area contributed by atoms with E-state index in [1.165, 1.54) is 52.8 Å². The Balaban J connectivity index is 1.59. The summed E-state index contributed by atoms with van der Waals surface area (Å²) in [5.41, 5.74) is 5.39. The van der Waals surface area contributed by atoms with Crippen molar-refractivity contribution in [1.29, 1.82) is 0 Å². The van der Waals surface area contributed by atoms with Crippen LogP contribution in [0.2, 0.25) is 0 Å². The van der Waals surface area contributed by atoms with Crippen molar-refractivity contribution >= 4 is 22.2 Å². The van der Waals surface area contributed by atoms with Gasteiger partial charge in [-0.15, -0.1) is 11.3 Å². The number of anilines is 1. The fourth-order valence-electron chi connectivity index (χ4n) is 5.14. The Kier molecular flexibility index (Phi) is 6.20. The third-order valence-corrected chi connectivity index (χ3v) is 8.26. The molecule has 1 atom stereocenters. The smallest absolute Gasteiger partial charge is 0.291 e. The zero-order valence-electron chi connectivity index (χ0n) is 19.0. The number of aryl methyl sites for hydroxylation is 2. The van der Waals surface area contributed by atoms with Gasteiger partial charge in [-0.1, -0.05) is 36.8 Å². The maximum absolute atomic E-state index is 13.0. The average molecular weight is 449 g/mol. The van der Waals surface area contributed by atoms with Crippen LogP contribution >= 0.6 is 11.3 Å². The van der Waals surface area contributed by atoms with Crippen LogP contribution in [0.5, 0.6) is 0 Å². The first-order valence-corrected chi connectivity index (χ1v) is 12.7. The average Bonchev–Trinajstić information content (AvgIpc) is 3.45. The number of likely N-dealkylation sites (tertiary alicyclic amines) is 1. The summed E-state index contributed by atoms with van der Waals surface area (Å²) in [6, 6.07) is 12.7. The lowest BCUT2D eigenvalue weighted by Gasteiger charge is -2.38. The molecule has 0 radical (unpaired) electrons. The van der Waals surface area contributed by atoms with Gasteiger partial charge >= 0.3 is 0 Å². The second kappa shape index (κ2) is 9.24. The second-order valence-corrected chi connectivity index (χ2v) is 10.5. The Morgan fingerprint density at radius 1 is 1.12 bits per heavy atom. The van der Waals surface area contributed by atoms with E-state index in [0.717, 1.165) is 36.9 Å². The summed E-state index contributed by atoms with van der Waals surface area (Å²) in [6.45, 7) is 6.69. The Morgan fingerprint density at radius 3 is 2.59 bits per heavy atom. The highest BCUT2D eigenvalue weighted by Gasteiger charge is 2.33. The number of piperidine rings is 1. The van der Waals surface area contributed by atoms with Gasteiger partial charge in [-0.25, -0.2) is 0 Å². The lowest BCUT2D eigenvalue weighted by molar-refractivity contribution is 0.0996. The summed E-state index contributed by atoms with van der Waals surface area (Å²) in [6.07, 6.45) is 8.67. The molecule has 1 aliphatic carbocycles. The number of fused-ring (bicyclic) bond motifs is 1. The molecule has 0 bridgehead atoms. The summed E-state index contributed by atoms with van der Waals surface area (Å²) >= 11 is 1.78. The van der Waals surface area contributed by atoms with Crippen LogP contribution in [0.15, 0.2) is 47.1 Å². The van der Waals surface area contributed by atoms with Crippen LogP contribution in [0.4, 0.5) is 5.00 Å². The number of benzene rings is 1. The summed E-state index contributed by atoms with van der Waals surface area (Å²) in [5.74, 6) is 0.977. The number of nitrogens with one attached hydrogen (secondary N) is 1. The van der Waals surface area contributed by atoms with E-state index in [1.807, 2.05) is 0 Å². The first-order valence-electron chi connectivity index (χ1n) is 11.9. The zero-order valence-corrected chi connectivity index (χ0v) is 19.8. The van der Waals surface area contributed by atoms with Crippen molar-refractivity contribution < 1.29 is 9.21 Å². The molecule has 3 heterocycles. The van der Waals surface area contributed by atoms with Gasteiger partial charge in [0, 0.05) is 10.4 Å². The number of nitrogens with zero attached hydrogens (tertiary/aromatic N) is 1. The van der Waals surface area contributed by atoms with E-state index < -0.39 is 0 Å². The molecule has 1 saturated heterocycles. The molecule has 1 N–H and O–H groups in total. The van der Waals surface area contributed by atoms with E-state index in [1.54, 1.807) is 29.7 Å². The molecule has 4 nitrogen and oxygen atoms in total. The molecule has 1 amide bonds. The molecule has 32 heavy (non-hydrogen) atoms. The molecule has 3 aromatic rings. The highest BCUT2D eigenvalue weighted by atomic mass is 32.1. The van der Waals surface area contributed by atoms with Gasteiger partial charge in [-0.05, 0) is 87.7 Å². The maximum atomic E-state index is 13.0. The number of furan rings is 1. The lowest BCUT2D eigenvalue weighted by Crippen LogP contribution is -2.37. The highest BCUT2D eigenvalue weighted by Crippen LogP contribution is 2.46. The Labute approximate surface area is 194 Å². The number of amides is 1. The first-order chi connectivity index (χ1) is 15.6. The van der Waals surface area contributed by atoms with Gasteiger partial charge in [-0.3, -0.25) is 9.69 Å². The van der Waals surface area contributed by atoms with E-state index >= 15 is 0 Å². The minimum atomic E-state index is -0.162. The SMILES string of the molecule is Cc1ccc([C@@H](c2c(NC(=O)c3ccco3)sc3c2CCCC3)N2CCC(C)CC2)cc1. The van der Waals surface area contributed by atoms with Crippen LogP contribution < -0.4 is 5.32 Å². The van der Waals surface area contributed by atoms with E-state index in [9.17, 15) is 4.79 Å². The second-order valence-electron chi connectivity index (χ2n) is 9.42. The third kappa shape index (κ3) is 4.28. The number of rotatable bonds is 5. The first kappa shape index (κ1) is 21.5. The van der Waals surface area contributed by atoms with Crippen LogP contribution in [-0.2, 0) is 12.8 Å². The van der Waals surface area contributed by atoms with E-state index in [4.69, 9.17) is 4.42 Å². The minimum Gasteiger partial charge on any atom is -0.459 e. The van der Waals surface area contributed by atoms with Crippen molar-refractivity contribution in [2.45, 2.75) is 58.4 Å². The van der Waals surface area contributed by atoms with Crippen molar-refractivity contribution in [3.63, 3.8) is 0 Å². The molecule has 5 rings (SSSR count). The monoisotopic (exact) mass is 448 g/mol. The molecule has 1 aromatic carbocycles. The molecule has 0 saturated carbocycles. The van der Waals surface area contributed by atoms with Gasteiger partial charge < -0.3 is 9.73 Å². The van der Waals surface area contributed by atoms with Gasteiger partial charge in [0.2, 0.25) is 0 Å². The molecule has 168 valence electrons. The van der Waals surface area contributed by atoms with Gasteiger partial charge in [0.25, 0.3) is 5.91 Å². The summed E-state index contributed by atoms with van der Waals surface area (Å²) in [7, 11) is 0. The van der Waals surface area contributed by atoms with Gasteiger partial charge in [0.15, 0.2) is 5.76 Å². The lowest BCUT2D eigenvalue weighted by atomic mass is 9.87. The Morgan fingerprint density at radius 2 is 1.88 bits per heavy atom. The van der Waals surface area contributed by atoms with E-state index in [2.05, 4.69) is 48.3 Å². The molecule has 0 spiro atoms. The third-order valence-electron chi connectivity index (χ3n) is 7.03. The molecule has 2 aliphatic rings. The van der Waals surface area contributed by atoms with Crippen LogP contribution in [0, 0.1) is 12.8 Å². The molecule has 1 aliphatic heterocycles. The van der Waals surface area contributed by atoms with Crippen LogP contribution in [0.3, 0.4) is 0 Å². The van der Waals surface area contributed by atoms with Crippen molar-refractivity contribution in [2.24, 2.45) is 5.92 Å². The van der Waals surface area contributed by atoms with E-state index in [-0.39, 0.29) is 11.9 Å². The molecule has 0 unspecified atom stereocenters. The maximum Gasteiger partial charge on any atom is 0.291 e. The largest absolute Gasteiger partial charge is 0.459 e. The number of thiophene rings is 1. The Hall–Kier alpha value is -2.37. The fourth-order valence-corrected chi connectivity index (χ4v) is 6.46. The molecule has 5 heteroatoms. The standard InChI is InChI=1S/C27H32N2O2S/c1-18-9-11-20(12-10-18)25(29-15-13-19(2)14-16-29)24-21-6-3-4-8-23(21)32-27(24)28-26(30)22-7-5-17-31-22/h5,7,9-12,17,19,25H,3-4,6,8,13-16H2,1-2H3,(H,28,30)/t25-/m0/s1. The van der Waals surface area contributed by atoms with Crippen LogP contribution in [0.1, 0.15) is 76.3 Å². The number of hydrogen-bond donors (Lipinski definition) is 1. The van der Waals surface area contributed by atoms with Gasteiger partial charge in [-0.2, -0.15) is 0 Å². The van der Waals surface area contributed by atoms with Crippen LogP contribution in [-0.4, -0.2) is 23.9 Å². The van der Waals surface area contributed by atoms with Gasteiger partial charge in [0.1, 0.15) is 5.00 Å². The molecule has 1 fully saturated rings. The Bertz CT molecular complexity index is 1060. The minimum absolute atomic E-state index is 0.162. The number of carbonyl (C=O) groups is 1. The molecular weight excluding hydrogens is 416 g/mol. The van der Waals surface area contributed by atoms with Gasteiger partial charge in [0.05, 0.1) is 12.3 Å². The quantitative estimate of drug-likeness (QED) is 0.478. The summed E-state index contributed by atoms with van der Waals surface area (Å²) < 4.78 is 5.38. The molecule has 2 aromatic heterocycles. The highest BCUT2D eigenvalue weighted by molar-refractivity contribution is 7.16. The fraction of sp³-hybridized carbons (Fsp3) is 0.444. The number of hydrogen-bond acceptors (Lipinski definition) is 4. The van der Waals surface area contributed by atoms with E-state index in [0.29, 0.717) is 5.76 Å². The number of carbonyl (C=O) groups excluding carboxylic acids is 1. The predicted molar refractivity (Wildman–Crippen MR) is 131 cm³/mol. The van der Waals surface area contributed by atoms with Crippen molar-refractivity contribution in [3.05, 3.63) is 75.6 Å².